The van der Waals surface area contributed by atoms with Crippen LogP contribution in [-0.2, 0) is 11.3 Å². The molecule has 0 radical (unpaired) electrons. The number of likely N-dealkylation sites (tertiary alicyclic amines) is 1. The fraction of sp³-hybridized carbons (Fsp3) is 0.550. The second-order valence-corrected chi connectivity index (χ2v) is 7.12. The van der Waals surface area contributed by atoms with Gasteiger partial charge in [0.25, 0.3) is 5.56 Å². The number of aryl methyl sites for hydroxylation is 2. The van der Waals surface area contributed by atoms with E-state index in [9.17, 15) is 9.59 Å². The minimum Gasteiger partial charge on any atom is -0.356 e. The van der Waals surface area contributed by atoms with Crippen molar-refractivity contribution in [2.75, 3.05) is 19.6 Å². The van der Waals surface area contributed by atoms with E-state index in [2.05, 4.69) is 22.1 Å². The van der Waals surface area contributed by atoms with Gasteiger partial charge in [-0.2, -0.15) is 0 Å². The van der Waals surface area contributed by atoms with Crippen molar-refractivity contribution in [2.24, 2.45) is 0 Å². The Balaban J connectivity index is 1.54. The molecule has 2 heterocycles. The van der Waals surface area contributed by atoms with Crippen LogP contribution in [-0.4, -0.2) is 46.0 Å². The maximum atomic E-state index is 12.4. The first-order valence-corrected chi connectivity index (χ1v) is 9.53. The van der Waals surface area contributed by atoms with E-state index in [4.69, 9.17) is 0 Å². The average molecular weight is 356 g/mol. The molecule has 1 amide bonds. The Labute approximate surface area is 154 Å². The Kier molecular flexibility index (Phi) is 6.04. The lowest BCUT2D eigenvalue weighted by Gasteiger charge is -2.23. The first-order chi connectivity index (χ1) is 12.6. The monoisotopic (exact) mass is 356 g/mol. The number of carbonyl (C=O) groups is 1. The summed E-state index contributed by atoms with van der Waals surface area (Å²) >= 11 is 0. The van der Waals surface area contributed by atoms with Gasteiger partial charge in [0.1, 0.15) is 5.69 Å². The van der Waals surface area contributed by atoms with E-state index in [0.717, 1.165) is 17.5 Å². The Bertz CT molecular complexity index is 824. The summed E-state index contributed by atoms with van der Waals surface area (Å²) in [4.78, 5) is 31.4. The van der Waals surface area contributed by atoms with Crippen LogP contribution < -0.4 is 10.9 Å². The van der Waals surface area contributed by atoms with Gasteiger partial charge < -0.3 is 14.8 Å². The lowest BCUT2D eigenvalue weighted by Crippen LogP contribution is -2.35. The van der Waals surface area contributed by atoms with Gasteiger partial charge in [-0.25, -0.2) is 4.98 Å². The van der Waals surface area contributed by atoms with Crippen molar-refractivity contribution in [3.05, 3.63) is 40.3 Å². The molecule has 0 unspecified atom stereocenters. The molecule has 1 aliphatic heterocycles. The number of benzene rings is 1. The molecule has 2 aromatic rings. The Morgan fingerprint density at radius 1 is 1.27 bits per heavy atom. The number of carbonyl (C=O) groups excluding carboxylic acids is 1. The predicted octanol–water partition coefficient (Wildman–Crippen LogP) is 2.09. The lowest BCUT2D eigenvalue weighted by molar-refractivity contribution is -0.121. The lowest BCUT2D eigenvalue weighted by atomic mass is 10.2. The molecule has 140 valence electrons. The zero-order valence-electron chi connectivity index (χ0n) is 15.7. The minimum atomic E-state index is -0.126. The molecular weight excluding hydrogens is 328 g/mol. The number of hydrogen-bond donors (Lipinski definition) is 1. The summed E-state index contributed by atoms with van der Waals surface area (Å²) in [5, 5.41) is 2.99. The van der Waals surface area contributed by atoms with Crippen LogP contribution in [0.15, 0.2) is 29.1 Å². The van der Waals surface area contributed by atoms with Gasteiger partial charge in [-0.1, -0.05) is 12.1 Å². The van der Waals surface area contributed by atoms with E-state index in [-0.39, 0.29) is 11.5 Å². The molecule has 0 saturated carbocycles. The molecule has 1 aromatic heterocycles. The Hall–Kier alpha value is -2.21. The van der Waals surface area contributed by atoms with Gasteiger partial charge in [0.05, 0.1) is 11.0 Å². The number of hydrogen-bond acceptors (Lipinski definition) is 4. The summed E-state index contributed by atoms with van der Waals surface area (Å²) in [5.74, 6) is -0.0101. The van der Waals surface area contributed by atoms with Crippen LogP contribution in [0.5, 0.6) is 0 Å². The van der Waals surface area contributed by atoms with Gasteiger partial charge in [0.15, 0.2) is 0 Å². The number of rotatable bonds is 7. The highest BCUT2D eigenvalue weighted by molar-refractivity contribution is 5.77. The van der Waals surface area contributed by atoms with E-state index in [0.29, 0.717) is 31.2 Å². The second kappa shape index (κ2) is 8.45. The topological polar surface area (TPSA) is 67.2 Å². The summed E-state index contributed by atoms with van der Waals surface area (Å²) in [5.41, 5.74) is 1.89. The minimum absolute atomic E-state index is 0.0101. The van der Waals surface area contributed by atoms with E-state index < -0.39 is 0 Å². The molecule has 1 fully saturated rings. The van der Waals surface area contributed by atoms with E-state index >= 15 is 0 Å². The van der Waals surface area contributed by atoms with Crippen molar-refractivity contribution in [1.29, 1.82) is 0 Å². The molecule has 1 atom stereocenters. The van der Waals surface area contributed by atoms with Crippen molar-refractivity contribution in [3.63, 3.8) is 0 Å². The van der Waals surface area contributed by atoms with Crippen molar-refractivity contribution < 1.29 is 4.79 Å². The number of nitrogens with zero attached hydrogens (tertiary/aromatic N) is 3. The standard InChI is InChI=1S/C20H28N4O2/c1-15(23-12-5-6-13-23)9-11-21-19(25)10-14-24-18-8-4-3-7-17(18)22-16(2)20(24)26/h3-4,7-8,15H,5-6,9-14H2,1-2H3,(H,21,25)/t15-/m0/s1. The zero-order chi connectivity index (χ0) is 18.5. The molecule has 6 heteroatoms. The normalized spacial score (nSPS) is 16.1. The number of fused-ring (bicyclic) bond motifs is 1. The average Bonchev–Trinajstić information content (AvgIpc) is 3.17. The smallest absolute Gasteiger partial charge is 0.272 e. The van der Waals surface area contributed by atoms with Crippen molar-refractivity contribution in [3.8, 4) is 0 Å². The fourth-order valence-corrected chi connectivity index (χ4v) is 3.63. The number of aromatic nitrogens is 2. The first-order valence-electron chi connectivity index (χ1n) is 9.53. The summed E-state index contributed by atoms with van der Waals surface area (Å²) in [6, 6.07) is 8.05. The van der Waals surface area contributed by atoms with Crippen LogP contribution in [0.3, 0.4) is 0 Å². The van der Waals surface area contributed by atoms with Gasteiger partial charge in [-0.05, 0) is 58.3 Å². The van der Waals surface area contributed by atoms with Crippen LogP contribution in [0, 0.1) is 6.92 Å². The summed E-state index contributed by atoms with van der Waals surface area (Å²) in [7, 11) is 0. The number of para-hydroxylation sites is 2. The molecule has 1 aliphatic rings. The van der Waals surface area contributed by atoms with Gasteiger partial charge in [0.2, 0.25) is 5.91 Å². The highest BCUT2D eigenvalue weighted by Crippen LogP contribution is 2.13. The predicted molar refractivity (Wildman–Crippen MR) is 103 cm³/mol. The van der Waals surface area contributed by atoms with Crippen LogP contribution in [0.2, 0.25) is 0 Å². The first kappa shape index (κ1) is 18.6. The van der Waals surface area contributed by atoms with Crippen LogP contribution >= 0.6 is 0 Å². The molecule has 0 aliphatic carbocycles. The van der Waals surface area contributed by atoms with Gasteiger partial charge >= 0.3 is 0 Å². The molecule has 1 N–H and O–H groups in total. The van der Waals surface area contributed by atoms with Crippen LogP contribution in [0.4, 0.5) is 0 Å². The fourth-order valence-electron chi connectivity index (χ4n) is 3.63. The molecule has 0 bridgehead atoms. The SMILES string of the molecule is Cc1nc2ccccc2n(CCC(=O)NCC[C@H](C)N2CCCC2)c1=O. The summed E-state index contributed by atoms with van der Waals surface area (Å²) in [6.45, 7) is 7.34. The van der Waals surface area contributed by atoms with Crippen LogP contribution in [0.25, 0.3) is 11.0 Å². The molecule has 3 rings (SSSR count). The highest BCUT2D eigenvalue weighted by atomic mass is 16.1. The third-order valence-corrected chi connectivity index (χ3v) is 5.23. The molecule has 1 aromatic carbocycles. The number of amides is 1. The van der Waals surface area contributed by atoms with Gasteiger partial charge in [-0.15, -0.1) is 0 Å². The summed E-state index contributed by atoms with van der Waals surface area (Å²) < 4.78 is 1.66. The quantitative estimate of drug-likeness (QED) is 0.825. The van der Waals surface area contributed by atoms with E-state index in [1.807, 2.05) is 24.3 Å². The summed E-state index contributed by atoms with van der Waals surface area (Å²) in [6.07, 6.45) is 3.82. The van der Waals surface area contributed by atoms with Crippen molar-refractivity contribution in [1.82, 2.24) is 19.8 Å². The van der Waals surface area contributed by atoms with Crippen LogP contribution in [0.1, 0.15) is 38.3 Å². The Morgan fingerprint density at radius 2 is 2.00 bits per heavy atom. The molecule has 0 spiro atoms. The third-order valence-electron chi connectivity index (χ3n) is 5.23. The largest absolute Gasteiger partial charge is 0.356 e. The van der Waals surface area contributed by atoms with Crippen molar-refractivity contribution >= 4 is 16.9 Å². The van der Waals surface area contributed by atoms with Gasteiger partial charge in [0, 0.05) is 25.6 Å². The molecule has 6 nitrogen and oxygen atoms in total. The van der Waals surface area contributed by atoms with E-state index in [1.54, 1.807) is 11.5 Å². The Morgan fingerprint density at radius 3 is 2.77 bits per heavy atom. The number of nitrogens with one attached hydrogen (secondary N) is 1. The molecular formula is C20H28N4O2. The molecule has 26 heavy (non-hydrogen) atoms. The van der Waals surface area contributed by atoms with E-state index in [1.165, 1.54) is 25.9 Å². The molecule has 1 saturated heterocycles. The highest BCUT2D eigenvalue weighted by Gasteiger charge is 2.17. The maximum Gasteiger partial charge on any atom is 0.272 e. The van der Waals surface area contributed by atoms with Gasteiger partial charge in [-0.3, -0.25) is 9.59 Å². The maximum absolute atomic E-state index is 12.4. The second-order valence-electron chi connectivity index (χ2n) is 7.12. The zero-order valence-corrected chi connectivity index (χ0v) is 15.7. The van der Waals surface area contributed by atoms with Crippen molar-refractivity contribution in [2.45, 2.75) is 52.1 Å². The third kappa shape index (κ3) is 4.30.